The first-order chi connectivity index (χ1) is 12.9. The Labute approximate surface area is 155 Å². The van der Waals surface area contributed by atoms with Gasteiger partial charge in [0.05, 0.1) is 5.56 Å². The van der Waals surface area contributed by atoms with Gasteiger partial charge in [0, 0.05) is 17.9 Å². The second-order valence-electron chi connectivity index (χ2n) is 5.86. The Morgan fingerprint density at radius 3 is 2.37 bits per heavy atom. The summed E-state index contributed by atoms with van der Waals surface area (Å²) < 4.78 is 40.6. The molecule has 0 aliphatic carbocycles. The van der Waals surface area contributed by atoms with Crippen molar-refractivity contribution in [1.82, 2.24) is 9.97 Å². The number of ether oxygens (including phenoxy) is 1. The molecule has 1 unspecified atom stereocenters. The molecule has 0 saturated carbocycles. The first kappa shape index (κ1) is 20.5. The van der Waals surface area contributed by atoms with E-state index >= 15 is 0 Å². The molecule has 0 spiro atoms. The number of aromatic nitrogens is 2. The van der Waals surface area contributed by atoms with E-state index in [-0.39, 0.29) is 11.8 Å². The quantitative estimate of drug-likeness (QED) is 0.526. The molecule has 2 aromatic rings. The van der Waals surface area contributed by atoms with Crippen LogP contribution in [0.15, 0.2) is 30.6 Å². The van der Waals surface area contributed by atoms with Crippen molar-refractivity contribution in [2.24, 2.45) is 0 Å². The summed E-state index contributed by atoms with van der Waals surface area (Å²) in [4.78, 5) is 8.36. The molecule has 3 N–H and O–H groups in total. The third kappa shape index (κ3) is 6.12. The monoisotopic (exact) mass is 381 g/mol. The zero-order chi connectivity index (χ0) is 19.9. The van der Waals surface area contributed by atoms with Crippen LogP contribution >= 0.6 is 0 Å². The molecule has 0 saturated heterocycles. The van der Waals surface area contributed by atoms with E-state index in [2.05, 4.69) is 39.2 Å². The van der Waals surface area contributed by atoms with Crippen LogP contribution in [-0.4, -0.2) is 28.6 Å². The molecular weight excluding hydrogens is 359 g/mol. The van der Waals surface area contributed by atoms with Crippen LogP contribution in [0.2, 0.25) is 0 Å². The number of rotatable bonds is 9. The minimum Gasteiger partial charge on any atom is -0.406 e. The van der Waals surface area contributed by atoms with Crippen molar-refractivity contribution in [1.29, 1.82) is 5.41 Å². The highest BCUT2D eigenvalue weighted by atomic mass is 19.4. The second kappa shape index (κ2) is 9.20. The number of halogens is 3. The van der Waals surface area contributed by atoms with Crippen molar-refractivity contribution < 1.29 is 17.9 Å². The Kier molecular flexibility index (Phi) is 6.98. The lowest BCUT2D eigenvalue weighted by Gasteiger charge is -2.19. The zero-order valence-electron chi connectivity index (χ0n) is 15.1. The van der Waals surface area contributed by atoms with Gasteiger partial charge in [-0.2, -0.15) is 0 Å². The standard InChI is InChI=1S/C18H22F3N5O/c1-3-5-12(4-2)25-16-15(10-22)17(24-11-23-16)26-13-6-8-14(9-7-13)27-18(19,20)21/h6-12,22H,3-5H2,1-2H3,(H2,23,24,25,26). The fourth-order valence-corrected chi connectivity index (χ4v) is 2.54. The third-order valence-corrected chi connectivity index (χ3v) is 3.85. The summed E-state index contributed by atoms with van der Waals surface area (Å²) in [6.45, 7) is 4.17. The molecule has 1 aromatic heterocycles. The summed E-state index contributed by atoms with van der Waals surface area (Å²) in [6.07, 6.45) is 0.694. The van der Waals surface area contributed by atoms with Gasteiger partial charge in [-0.25, -0.2) is 9.97 Å². The van der Waals surface area contributed by atoms with Gasteiger partial charge in [0.25, 0.3) is 0 Å². The first-order valence-corrected chi connectivity index (χ1v) is 8.61. The van der Waals surface area contributed by atoms with Gasteiger partial charge in [-0.15, -0.1) is 13.2 Å². The smallest absolute Gasteiger partial charge is 0.406 e. The second-order valence-corrected chi connectivity index (χ2v) is 5.86. The molecule has 0 aliphatic rings. The lowest BCUT2D eigenvalue weighted by molar-refractivity contribution is -0.274. The normalized spacial score (nSPS) is 12.3. The lowest BCUT2D eigenvalue weighted by Crippen LogP contribution is -2.20. The molecule has 0 amide bonds. The Balaban J connectivity index is 2.18. The lowest BCUT2D eigenvalue weighted by atomic mass is 10.1. The maximum absolute atomic E-state index is 12.2. The van der Waals surface area contributed by atoms with Crippen molar-refractivity contribution in [2.75, 3.05) is 10.6 Å². The molecule has 1 atom stereocenters. The van der Waals surface area contributed by atoms with Crippen molar-refractivity contribution >= 4 is 23.5 Å². The summed E-state index contributed by atoms with van der Waals surface area (Å²) in [5.74, 6) is 0.619. The molecule has 1 aromatic carbocycles. The van der Waals surface area contributed by atoms with Crippen LogP contribution in [0.4, 0.5) is 30.5 Å². The minimum atomic E-state index is -4.73. The van der Waals surface area contributed by atoms with Crippen LogP contribution in [0.5, 0.6) is 5.75 Å². The highest BCUT2D eigenvalue weighted by Crippen LogP contribution is 2.27. The number of hydrogen-bond donors (Lipinski definition) is 3. The van der Waals surface area contributed by atoms with Gasteiger partial charge in [0.1, 0.15) is 23.7 Å². The predicted octanol–water partition coefficient (Wildman–Crippen LogP) is 5.11. The fraction of sp³-hybridized carbons (Fsp3) is 0.389. The van der Waals surface area contributed by atoms with Crippen LogP contribution in [0, 0.1) is 5.41 Å². The molecule has 27 heavy (non-hydrogen) atoms. The van der Waals surface area contributed by atoms with Gasteiger partial charge in [-0.1, -0.05) is 20.3 Å². The van der Waals surface area contributed by atoms with Gasteiger partial charge in [-0.05, 0) is 37.1 Å². The average molecular weight is 381 g/mol. The minimum absolute atomic E-state index is 0.232. The largest absolute Gasteiger partial charge is 0.573 e. The number of benzene rings is 1. The van der Waals surface area contributed by atoms with Crippen LogP contribution < -0.4 is 15.4 Å². The van der Waals surface area contributed by atoms with Crippen molar-refractivity contribution in [3.8, 4) is 5.75 Å². The summed E-state index contributed by atoms with van der Waals surface area (Å²) in [5, 5.41) is 14.0. The Morgan fingerprint density at radius 2 is 1.81 bits per heavy atom. The van der Waals surface area contributed by atoms with Gasteiger partial charge in [0.2, 0.25) is 0 Å². The van der Waals surface area contributed by atoms with Crippen molar-refractivity contribution in [2.45, 2.75) is 45.5 Å². The average Bonchev–Trinajstić information content (AvgIpc) is 2.62. The maximum Gasteiger partial charge on any atom is 0.573 e. The van der Waals surface area contributed by atoms with E-state index in [1.165, 1.54) is 30.6 Å². The topological polar surface area (TPSA) is 82.9 Å². The summed E-state index contributed by atoms with van der Waals surface area (Å²) in [5.41, 5.74) is 0.987. The number of hydrogen-bond acceptors (Lipinski definition) is 6. The third-order valence-electron chi connectivity index (χ3n) is 3.85. The Bertz CT molecular complexity index is 750. The van der Waals surface area contributed by atoms with E-state index in [1.54, 1.807) is 0 Å². The van der Waals surface area contributed by atoms with E-state index < -0.39 is 6.36 Å². The van der Waals surface area contributed by atoms with E-state index in [9.17, 15) is 13.2 Å². The summed E-state index contributed by atoms with van der Waals surface area (Å²) in [7, 11) is 0. The summed E-state index contributed by atoms with van der Waals surface area (Å²) in [6, 6.07) is 5.52. The van der Waals surface area contributed by atoms with Gasteiger partial charge in [0.15, 0.2) is 0 Å². The van der Waals surface area contributed by atoms with Gasteiger partial charge in [-0.3, -0.25) is 0 Å². The summed E-state index contributed by atoms with van der Waals surface area (Å²) >= 11 is 0. The highest BCUT2D eigenvalue weighted by molar-refractivity contribution is 5.91. The Hall–Kier alpha value is -2.84. The van der Waals surface area contributed by atoms with Crippen LogP contribution in [0.25, 0.3) is 0 Å². The first-order valence-electron chi connectivity index (χ1n) is 8.61. The molecule has 6 nitrogen and oxygen atoms in total. The van der Waals surface area contributed by atoms with Crippen LogP contribution in [-0.2, 0) is 0 Å². The van der Waals surface area contributed by atoms with Crippen LogP contribution in [0.3, 0.4) is 0 Å². The molecule has 2 rings (SSSR count). The number of alkyl halides is 3. The zero-order valence-corrected chi connectivity index (χ0v) is 15.1. The molecular formula is C18H22F3N5O. The highest BCUT2D eigenvalue weighted by Gasteiger charge is 2.30. The number of nitrogens with zero attached hydrogens (tertiary/aromatic N) is 2. The molecule has 9 heteroatoms. The van der Waals surface area contributed by atoms with E-state index in [0.29, 0.717) is 22.9 Å². The number of anilines is 3. The molecule has 0 fully saturated rings. The van der Waals surface area contributed by atoms with Crippen LogP contribution in [0.1, 0.15) is 38.7 Å². The van der Waals surface area contributed by atoms with E-state index in [4.69, 9.17) is 5.41 Å². The van der Waals surface area contributed by atoms with Gasteiger partial charge < -0.3 is 20.8 Å². The Morgan fingerprint density at radius 1 is 1.15 bits per heavy atom. The fourth-order valence-electron chi connectivity index (χ4n) is 2.54. The molecule has 0 radical (unpaired) electrons. The van der Waals surface area contributed by atoms with Crippen molar-refractivity contribution in [3.05, 3.63) is 36.2 Å². The molecule has 1 heterocycles. The predicted molar refractivity (Wildman–Crippen MR) is 98.9 cm³/mol. The SMILES string of the molecule is CCCC(CC)Nc1ncnc(Nc2ccc(OC(F)(F)F)cc2)c1C=N. The number of nitrogens with one attached hydrogen (secondary N) is 3. The molecule has 0 bridgehead atoms. The molecule has 146 valence electrons. The van der Waals surface area contributed by atoms with E-state index in [0.717, 1.165) is 25.5 Å². The molecule has 0 aliphatic heterocycles. The van der Waals surface area contributed by atoms with E-state index in [1.807, 2.05) is 0 Å². The van der Waals surface area contributed by atoms with Gasteiger partial charge >= 0.3 is 6.36 Å². The van der Waals surface area contributed by atoms with Crippen molar-refractivity contribution in [3.63, 3.8) is 0 Å². The maximum atomic E-state index is 12.2.